The van der Waals surface area contributed by atoms with Crippen LogP contribution in [0.5, 0.6) is 11.5 Å². The van der Waals surface area contributed by atoms with Crippen molar-refractivity contribution in [2.24, 2.45) is 5.92 Å². The Hall–Kier alpha value is -3.60. The van der Waals surface area contributed by atoms with E-state index in [4.69, 9.17) is 55.4 Å². The zero-order valence-electron chi connectivity index (χ0n) is 38.4. The number of aliphatic hydroxyl groups is 1. The topological polar surface area (TPSA) is 199 Å². The summed E-state index contributed by atoms with van der Waals surface area (Å²) in [5.41, 5.74) is 2.37. The summed E-state index contributed by atoms with van der Waals surface area (Å²) in [6, 6.07) is 31.2. The summed E-state index contributed by atoms with van der Waals surface area (Å²) >= 11 is 0. The van der Waals surface area contributed by atoms with Gasteiger partial charge in [0, 0.05) is 20.1 Å². The lowest BCUT2D eigenvalue weighted by atomic mass is 9.79. The molecule has 1 aliphatic rings. The molecule has 5 rings (SSSR count). The standard InChI is InChI=1S/C47H63O17P3/c1-5-6-7-8-9-19-28-55-42-29-40(30-48)26-27-41(42)62-67(52,60-33-39-24-17-12-18-25-39)64-46-43(56-34-53-3)36(2)44(61-65(49)50)47(45(46)57-35-54-4)63-66(51,58-31-37-20-13-10-14-21-37)59-32-38-22-15-11-16-23-38/h10-18,20-27,29,36,43-48H,5-9,19,28,30-35H2,1-4H3/t36-,43+,44+,45-,46+,47-,67?/m0/s1. The largest absolute Gasteiger partial charge is 0.530 e. The number of ether oxygens (including phenoxy) is 5. The van der Waals surface area contributed by atoms with Crippen LogP contribution >= 0.6 is 23.6 Å². The highest BCUT2D eigenvalue weighted by Crippen LogP contribution is 2.58. The van der Waals surface area contributed by atoms with Crippen molar-refractivity contribution in [3.63, 3.8) is 0 Å². The van der Waals surface area contributed by atoms with Crippen LogP contribution in [0.2, 0.25) is 0 Å². The number of aliphatic hydroxyl groups excluding tert-OH is 1. The van der Waals surface area contributed by atoms with Crippen molar-refractivity contribution in [3.05, 3.63) is 131 Å². The van der Waals surface area contributed by atoms with Crippen LogP contribution in [-0.4, -0.2) is 70.0 Å². The fraction of sp³-hybridized carbons (Fsp3) is 0.489. The van der Waals surface area contributed by atoms with Crippen molar-refractivity contribution in [1.82, 2.24) is 0 Å². The molecule has 0 aliphatic heterocycles. The van der Waals surface area contributed by atoms with Gasteiger partial charge in [-0.1, -0.05) is 143 Å². The first-order chi connectivity index (χ1) is 32.5. The quantitative estimate of drug-likeness (QED) is 0.0275. The van der Waals surface area contributed by atoms with Gasteiger partial charge in [0.25, 0.3) is 0 Å². The molecule has 1 unspecified atom stereocenters. The van der Waals surface area contributed by atoms with Gasteiger partial charge in [0.1, 0.15) is 38.0 Å². The number of hydrogen-bond acceptors (Lipinski definition) is 17. The maximum Gasteiger partial charge on any atom is 0.530 e. The van der Waals surface area contributed by atoms with E-state index >= 15 is 9.13 Å². The molecule has 1 aliphatic carbocycles. The van der Waals surface area contributed by atoms with Crippen molar-refractivity contribution < 1.29 is 78.7 Å². The Morgan fingerprint density at radius 2 is 1.06 bits per heavy atom. The van der Waals surface area contributed by atoms with E-state index in [0.717, 1.165) is 38.5 Å². The Kier molecular flexibility index (Phi) is 23.3. The Balaban J connectivity index is 1.58. The molecule has 0 aromatic heterocycles. The number of phosphoric acid groups is 2. The molecule has 20 heteroatoms. The maximum absolute atomic E-state index is 15.5. The van der Waals surface area contributed by atoms with Gasteiger partial charge in [-0.15, -0.1) is 0 Å². The van der Waals surface area contributed by atoms with Crippen LogP contribution in [0.15, 0.2) is 109 Å². The fourth-order valence-electron chi connectivity index (χ4n) is 7.25. The maximum atomic E-state index is 15.5. The molecule has 0 saturated heterocycles. The van der Waals surface area contributed by atoms with Crippen molar-refractivity contribution in [1.29, 1.82) is 0 Å². The van der Waals surface area contributed by atoms with Gasteiger partial charge in [-0.3, -0.25) is 27.1 Å². The summed E-state index contributed by atoms with van der Waals surface area (Å²) in [6.07, 6.45) is -1.56. The van der Waals surface area contributed by atoms with Gasteiger partial charge in [-0.2, -0.15) is 0 Å². The molecule has 0 heterocycles. The van der Waals surface area contributed by atoms with Gasteiger partial charge in [-0.05, 0) is 40.8 Å². The summed E-state index contributed by atoms with van der Waals surface area (Å²) < 4.78 is 127. The lowest BCUT2D eigenvalue weighted by molar-refractivity contribution is -0.244. The third-order valence-corrected chi connectivity index (χ3v) is 13.8. The minimum Gasteiger partial charge on any atom is -0.490 e. The van der Waals surface area contributed by atoms with Gasteiger partial charge < -0.3 is 33.3 Å². The van der Waals surface area contributed by atoms with Crippen LogP contribution in [0, 0.1) is 5.92 Å². The molecule has 1 fully saturated rings. The van der Waals surface area contributed by atoms with Crippen LogP contribution in [0.25, 0.3) is 0 Å². The van der Waals surface area contributed by atoms with Crippen LogP contribution < -0.4 is 9.26 Å². The minimum atomic E-state index is -4.91. The summed E-state index contributed by atoms with van der Waals surface area (Å²) in [5.74, 6) is -0.901. The van der Waals surface area contributed by atoms with Crippen LogP contribution in [0.3, 0.4) is 0 Å². The van der Waals surface area contributed by atoms with E-state index in [9.17, 15) is 14.2 Å². The first-order valence-electron chi connectivity index (χ1n) is 22.2. The highest BCUT2D eigenvalue weighted by Gasteiger charge is 2.58. The second kappa shape index (κ2) is 28.8. The molecule has 0 amide bonds. The third kappa shape index (κ3) is 17.7. The predicted octanol–water partition coefficient (Wildman–Crippen LogP) is 11.0. The lowest BCUT2D eigenvalue weighted by Gasteiger charge is -2.48. The number of unbranched alkanes of at least 4 members (excludes halogenated alkanes) is 5. The molecule has 17 nitrogen and oxygen atoms in total. The summed E-state index contributed by atoms with van der Waals surface area (Å²) in [7, 11) is -10.5. The van der Waals surface area contributed by atoms with Crippen molar-refractivity contribution in [2.45, 2.75) is 109 Å². The highest BCUT2D eigenvalue weighted by atomic mass is 31.2. The molecule has 1 saturated carbocycles. The van der Waals surface area contributed by atoms with E-state index in [1.54, 1.807) is 104 Å². The zero-order valence-corrected chi connectivity index (χ0v) is 41.1. The molecular formula is C47H63O17P3. The Morgan fingerprint density at radius 3 is 1.58 bits per heavy atom. The van der Waals surface area contributed by atoms with Gasteiger partial charge in [0.05, 0.1) is 39.1 Å². The number of rotatable bonds is 32. The molecule has 7 atom stereocenters. The molecular weight excluding hydrogens is 929 g/mol. The first kappa shape index (κ1) is 54.3. The average molecular weight is 993 g/mol. The molecule has 67 heavy (non-hydrogen) atoms. The normalized spacial score (nSPS) is 20.6. The molecule has 0 bridgehead atoms. The van der Waals surface area contributed by atoms with Crippen molar-refractivity contribution in [2.75, 3.05) is 34.4 Å². The van der Waals surface area contributed by atoms with E-state index in [2.05, 4.69) is 6.92 Å². The SMILES string of the molecule is CCCCCCCCOc1cc(CO)ccc1OP(=O)(OCc1ccccc1)O[C@H]1[C@H](OCOC)[C@@H](OP(=O)(OCc2ccccc2)OCc2ccccc2)[C@H](OP(=O)=O)[C@@H](C)[C@H]1OCOC. The highest BCUT2D eigenvalue weighted by molar-refractivity contribution is 7.49. The number of phosphoric ester groups is 2. The predicted molar refractivity (Wildman–Crippen MR) is 246 cm³/mol. The van der Waals surface area contributed by atoms with Gasteiger partial charge in [-0.25, -0.2) is 18.3 Å². The summed E-state index contributed by atoms with van der Waals surface area (Å²) in [4.78, 5) is 0. The monoisotopic (exact) mass is 992 g/mol. The molecule has 1 N–H and O–H groups in total. The molecule has 4 aromatic carbocycles. The molecule has 368 valence electrons. The lowest BCUT2D eigenvalue weighted by Crippen LogP contribution is -2.63. The minimum absolute atomic E-state index is 0.0300. The van der Waals surface area contributed by atoms with Crippen molar-refractivity contribution >= 4 is 23.6 Å². The second-order valence-corrected chi connectivity index (χ2v) is 19.5. The molecule has 0 radical (unpaired) electrons. The third-order valence-electron chi connectivity index (χ3n) is 10.7. The number of methoxy groups -OCH3 is 2. The number of benzene rings is 4. The van der Waals surface area contributed by atoms with E-state index in [1.807, 2.05) is 6.07 Å². The molecule has 4 aromatic rings. The zero-order chi connectivity index (χ0) is 47.9. The Labute approximate surface area is 393 Å². The van der Waals surface area contributed by atoms with Gasteiger partial charge in [0.15, 0.2) is 11.5 Å². The van der Waals surface area contributed by atoms with E-state index in [-0.39, 0.29) is 44.7 Å². The van der Waals surface area contributed by atoms with Gasteiger partial charge in [0.2, 0.25) is 0 Å². The average Bonchev–Trinajstić information content (AvgIpc) is 3.34. The summed E-state index contributed by atoms with van der Waals surface area (Å²) in [6.45, 7) is 2.13. The van der Waals surface area contributed by atoms with E-state index in [0.29, 0.717) is 28.9 Å². The van der Waals surface area contributed by atoms with E-state index in [1.165, 1.54) is 20.3 Å². The second-order valence-electron chi connectivity index (χ2n) is 15.7. The van der Waals surface area contributed by atoms with Crippen LogP contribution in [0.4, 0.5) is 0 Å². The van der Waals surface area contributed by atoms with Crippen LogP contribution in [0.1, 0.15) is 74.6 Å². The fourth-order valence-corrected chi connectivity index (χ4v) is 10.5. The first-order valence-corrected chi connectivity index (χ1v) is 26.2. The van der Waals surface area contributed by atoms with Crippen molar-refractivity contribution in [3.8, 4) is 11.5 Å². The Bertz CT molecular complexity index is 2130. The summed E-state index contributed by atoms with van der Waals surface area (Å²) in [5, 5.41) is 10.0. The van der Waals surface area contributed by atoms with Crippen LogP contribution in [-0.2, 0) is 90.8 Å². The number of hydrogen-bond donors (Lipinski definition) is 1. The smallest absolute Gasteiger partial charge is 0.490 e. The van der Waals surface area contributed by atoms with Gasteiger partial charge >= 0.3 is 23.6 Å². The molecule has 0 spiro atoms. The Morgan fingerprint density at radius 1 is 0.567 bits per heavy atom. The van der Waals surface area contributed by atoms with E-state index < -0.39 is 66.8 Å².